The number of nitrogen functional groups attached to an aromatic ring is 1. The van der Waals surface area contributed by atoms with E-state index < -0.39 is 0 Å². The number of hydrogen-bond donors (Lipinski definition) is 2. The molecule has 0 aliphatic rings. The fourth-order valence-electron chi connectivity index (χ4n) is 0.866. The van der Waals surface area contributed by atoms with Gasteiger partial charge in [-0.15, -0.1) is 0 Å². The van der Waals surface area contributed by atoms with Gasteiger partial charge in [0, 0.05) is 10.9 Å². The smallest absolute Gasteiger partial charge is 0.120 e. The van der Waals surface area contributed by atoms with Crippen molar-refractivity contribution >= 4 is 17.4 Å². The summed E-state index contributed by atoms with van der Waals surface area (Å²) in [5, 5.41) is 9.81. The summed E-state index contributed by atoms with van der Waals surface area (Å²) in [6.07, 6.45) is 0. The number of rotatable bonds is 3. The summed E-state index contributed by atoms with van der Waals surface area (Å²) < 4.78 is 0. The van der Waals surface area contributed by atoms with Gasteiger partial charge < -0.3 is 10.8 Å². The van der Waals surface area contributed by atoms with Gasteiger partial charge in [0.1, 0.15) is 5.03 Å². The van der Waals surface area contributed by atoms with E-state index in [9.17, 15) is 0 Å². The Bertz CT molecular complexity index is 291. The van der Waals surface area contributed by atoms with Crippen LogP contribution in [0.25, 0.3) is 0 Å². The van der Waals surface area contributed by atoms with Gasteiger partial charge in [-0.2, -0.15) is 0 Å². The molecule has 0 saturated heterocycles. The molecule has 4 heteroatoms. The van der Waals surface area contributed by atoms with Crippen molar-refractivity contribution in [3.8, 4) is 0 Å². The predicted molar refractivity (Wildman–Crippen MR) is 55.8 cm³/mol. The van der Waals surface area contributed by atoms with Crippen LogP contribution in [0.3, 0.4) is 0 Å². The number of nitrogens with two attached hydrogens (primary N) is 1. The van der Waals surface area contributed by atoms with Crippen LogP contribution in [0.15, 0.2) is 17.2 Å². The molecule has 0 aliphatic heterocycles. The highest BCUT2D eigenvalue weighted by Crippen LogP contribution is 2.26. The summed E-state index contributed by atoms with van der Waals surface area (Å²) in [7, 11) is 0. The number of nitrogens with zero attached hydrogens (tertiary/aromatic N) is 1. The number of aliphatic hydroxyl groups is 1. The van der Waals surface area contributed by atoms with E-state index in [4.69, 9.17) is 10.8 Å². The Morgan fingerprint density at radius 2 is 2.31 bits per heavy atom. The number of aliphatic hydroxyl groups excluding tert-OH is 1. The van der Waals surface area contributed by atoms with Gasteiger partial charge in [-0.1, -0.05) is 18.7 Å². The fourth-order valence-corrected chi connectivity index (χ4v) is 1.72. The summed E-state index contributed by atoms with van der Waals surface area (Å²) >= 11 is 1.50. The van der Waals surface area contributed by atoms with Crippen LogP contribution < -0.4 is 5.73 Å². The molecule has 1 aromatic rings. The van der Waals surface area contributed by atoms with Crippen molar-refractivity contribution in [2.75, 3.05) is 12.3 Å². The van der Waals surface area contributed by atoms with Crippen molar-refractivity contribution in [3.05, 3.63) is 17.8 Å². The summed E-state index contributed by atoms with van der Waals surface area (Å²) in [4.78, 5) is 4.29. The standard InChI is InChI=1S/C9H14N2OS/c1-6-3-4-8(10)9(11-6)13-7(2)5-12/h3-4,7,12H,5,10H2,1-2H3. The van der Waals surface area contributed by atoms with E-state index in [1.807, 2.05) is 26.0 Å². The molecule has 0 radical (unpaired) electrons. The van der Waals surface area contributed by atoms with Crippen molar-refractivity contribution < 1.29 is 5.11 Å². The number of aryl methyl sites for hydroxylation is 1. The summed E-state index contributed by atoms with van der Waals surface area (Å²) in [5.41, 5.74) is 7.35. The van der Waals surface area contributed by atoms with Crippen molar-refractivity contribution in [2.24, 2.45) is 0 Å². The molecule has 1 rings (SSSR count). The lowest BCUT2D eigenvalue weighted by Crippen LogP contribution is -2.04. The Morgan fingerprint density at radius 1 is 1.62 bits per heavy atom. The van der Waals surface area contributed by atoms with E-state index in [2.05, 4.69) is 4.98 Å². The molecule has 0 aliphatic carbocycles. The first kappa shape index (κ1) is 10.3. The van der Waals surface area contributed by atoms with Gasteiger partial charge in [0.15, 0.2) is 0 Å². The second-order valence-corrected chi connectivity index (χ2v) is 4.39. The normalized spacial score (nSPS) is 12.8. The maximum Gasteiger partial charge on any atom is 0.120 e. The Kier molecular flexibility index (Phi) is 3.57. The topological polar surface area (TPSA) is 59.1 Å². The third-order valence-electron chi connectivity index (χ3n) is 1.60. The minimum atomic E-state index is 0.136. The maximum absolute atomic E-state index is 8.87. The zero-order valence-corrected chi connectivity index (χ0v) is 8.64. The average Bonchev–Trinajstić information content (AvgIpc) is 2.11. The van der Waals surface area contributed by atoms with E-state index >= 15 is 0 Å². The number of aromatic nitrogens is 1. The van der Waals surface area contributed by atoms with Crippen molar-refractivity contribution in [3.63, 3.8) is 0 Å². The second-order valence-electron chi connectivity index (χ2n) is 2.96. The third kappa shape index (κ3) is 2.90. The first-order chi connectivity index (χ1) is 6.13. The minimum absolute atomic E-state index is 0.136. The zero-order chi connectivity index (χ0) is 9.84. The van der Waals surface area contributed by atoms with Crippen molar-refractivity contribution in [1.29, 1.82) is 0 Å². The molecule has 0 bridgehead atoms. The Hall–Kier alpha value is -0.740. The van der Waals surface area contributed by atoms with Crippen LogP contribution >= 0.6 is 11.8 Å². The first-order valence-electron chi connectivity index (χ1n) is 4.14. The molecule has 1 unspecified atom stereocenters. The van der Waals surface area contributed by atoms with Crippen LogP contribution in [-0.2, 0) is 0 Å². The average molecular weight is 198 g/mol. The van der Waals surface area contributed by atoms with E-state index in [-0.39, 0.29) is 11.9 Å². The Labute approximate surface area is 82.4 Å². The largest absolute Gasteiger partial charge is 0.397 e. The SMILES string of the molecule is Cc1ccc(N)c(SC(C)CO)n1. The zero-order valence-electron chi connectivity index (χ0n) is 7.82. The molecule has 0 saturated carbocycles. The van der Waals surface area contributed by atoms with Crippen LogP contribution in [0.2, 0.25) is 0 Å². The molecule has 1 atom stereocenters. The van der Waals surface area contributed by atoms with E-state index in [0.29, 0.717) is 5.69 Å². The van der Waals surface area contributed by atoms with Gasteiger partial charge in [-0.25, -0.2) is 4.98 Å². The molecule has 3 nitrogen and oxygen atoms in total. The minimum Gasteiger partial charge on any atom is -0.397 e. The molecular formula is C9H14N2OS. The van der Waals surface area contributed by atoms with Crippen LogP contribution in [0.1, 0.15) is 12.6 Å². The third-order valence-corrected chi connectivity index (χ3v) is 2.70. The Balaban J connectivity index is 2.81. The quantitative estimate of drug-likeness (QED) is 0.722. The molecule has 0 fully saturated rings. The highest BCUT2D eigenvalue weighted by atomic mass is 32.2. The van der Waals surface area contributed by atoms with Crippen molar-refractivity contribution in [1.82, 2.24) is 4.98 Å². The fraction of sp³-hybridized carbons (Fsp3) is 0.444. The molecule has 13 heavy (non-hydrogen) atoms. The van der Waals surface area contributed by atoms with Gasteiger partial charge in [0.2, 0.25) is 0 Å². The molecule has 1 aromatic heterocycles. The Morgan fingerprint density at radius 3 is 2.92 bits per heavy atom. The van der Waals surface area contributed by atoms with E-state index in [0.717, 1.165) is 10.7 Å². The second kappa shape index (κ2) is 4.48. The lowest BCUT2D eigenvalue weighted by molar-refractivity contribution is 0.300. The number of hydrogen-bond acceptors (Lipinski definition) is 4. The maximum atomic E-state index is 8.87. The molecular weight excluding hydrogens is 184 g/mol. The van der Waals surface area contributed by atoms with Crippen LogP contribution in [-0.4, -0.2) is 21.9 Å². The van der Waals surface area contributed by atoms with Crippen LogP contribution in [0, 0.1) is 6.92 Å². The number of anilines is 1. The number of pyridine rings is 1. The van der Waals surface area contributed by atoms with Crippen LogP contribution in [0.4, 0.5) is 5.69 Å². The van der Waals surface area contributed by atoms with Gasteiger partial charge in [-0.3, -0.25) is 0 Å². The highest BCUT2D eigenvalue weighted by molar-refractivity contribution is 8.00. The van der Waals surface area contributed by atoms with Gasteiger partial charge in [0.25, 0.3) is 0 Å². The summed E-state index contributed by atoms with van der Waals surface area (Å²) in [6, 6.07) is 3.72. The van der Waals surface area contributed by atoms with Gasteiger partial charge >= 0.3 is 0 Å². The first-order valence-corrected chi connectivity index (χ1v) is 5.02. The highest BCUT2D eigenvalue weighted by Gasteiger charge is 2.07. The lowest BCUT2D eigenvalue weighted by Gasteiger charge is -2.09. The lowest BCUT2D eigenvalue weighted by atomic mass is 10.3. The number of thioether (sulfide) groups is 1. The summed E-state index contributed by atoms with van der Waals surface area (Å²) in [6.45, 7) is 4.00. The molecule has 0 aromatic carbocycles. The van der Waals surface area contributed by atoms with Gasteiger partial charge in [0.05, 0.1) is 12.3 Å². The molecule has 72 valence electrons. The monoisotopic (exact) mass is 198 g/mol. The molecule has 0 spiro atoms. The predicted octanol–water partition coefficient (Wildman–Crippen LogP) is 1.45. The summed E-state index contributed by atoms with van der Waals surface area (Å²) in [5.74, 6) is 0. The van der Waals surface area contributed by atoms with Gasteiger partial charge in [-0.05, 0) is 19.1 Å². The van der Waals surface area contributed by atoms with E-state index in [1.165, 1.54) is 11.8 Å². The van der Waals surface area contributed by atoms with Crippen LogP contribution in [0.5, 0.6) is 0 Å². The van der Waals surface area contributed by atoms with Crippen molar-refractivity contribution in [2.45, 2.75) is 24.1 Å². The molecule has 1 heterocycles. The molecule has 0 amide bonds. The molecule has 3 N–H and O–H groups in total. The van der Waals surface area contributed by atoms with E-state index in [1.54, 1.807) is 0 Å².